The van der Waals surface area contributed by atoms with Crippen LogP contribution in [-0.2, 0) is 4.74 Å². The molecular weight excluding hydrogens is 256 g/mol. The summed E-state index contributed by atoms with van der Waals surface area (Å²) in [5, 5.41) is 0. The van der Waals surface area contributed by atoms with Crippen molar-refractivity contribution in [1.82, 2.24) is 0 Å². The zero-order valence-corrected chi connectivity index (χ0v) is 10.8. The van der Waals surface area contributed by atoms with Crippen LogP contribution in [-0.4, -0.2) is 12.6 Å². The van der Waals surface area contributed by atoms with Crippen molar-refractivity contribution in [3.05, 3.63) is 33.8 Å². The van der Waals surface area contributed by atoms with Crippen LogP contribution in [0.4, 0.5) is 0 Å². The minimum atomic E-state index is -0.256. The second-order valence-corrected chi connectivity index (χ2v) is 4.78. The quantitative estimate of drug-likeness (QED) is 0.785. The summed E-state index contributed by atoms with van der Waals surface area (Å²) in [7, 11) is 0. The van der Waals surface area contributed by atoms with E-state index in [1.807, 2.05) is 39.0 Å². The molecule has 1 aromatic rings. The van der Waals surface area contributed by atoms with Crippen LogP contribution in [0.25, 0.3) is 0 Å². The Morgan fingerprint density at radius 1 is 1.47 bits per heavy atom. The Morgan fingerprint density at radius 2 is 2.13 bits per heavy atom. The van der Waals surface area contributed by atoms with E-state index in [9.17, 15) is 4.79 Å². The molecule has 0 aliphatic carbocycles. The van der Waals surface area contributed by atoms with Crippen LogP contribution in [0.5, 0.6) is 0 Å². The highest BCUT2D eigenvalue weighted by Gasteiger charge is 2.14. The average molecular weight is 271 g/mol. The maximum atomic E-state index is 11.7. The fraction of sp³-hybridized carbons (Fsp3) is 0.417. The zero-order chi connectivity index (χ0) is 11.4. The Balaban J connectivity index is 2.82. The molecule has 1 rings (SSSR count). The standard InChI is InChI=1S/C12H15BrO2/c1-8(2)7-15-12(14)11-9(3)5-4-6-10(11)13/h4-6,8H,7H2,1-3H3. The lowest BCUT2D eigenvalue weighted by molar-refractivity contribution is 0.0457. The van der Waals surface area contributed by atoms with Gasteiger partial charge < -0.3 is 4.74 Å². The summed E-state index contributed by atoms with van der Waals surface area (Å²) >= 11 is 3.35. The number of esters is 1. The number of hydrogen-bond acceptors (Lipinski definition) is 2. The molecule has 0 aromatic heterocycles. The van der Waals surface area contributed by atoms with E-state index in [4.69, 9.17) is 4.74 Å². The number of halogens is 1. The molecule has 0 saturated heterocycles. The van der Waals surface area contributed by atoms with Gasteiger partial charge in [-0.05, 0) is 40.4 Å². The Kier molecular flexibility index (Phi) is 4.33. The van der Waals surface area contributed by atoms with E-state index in [0.29, 0.717) is 18.1 Å². The van der Waals surface area contributed by atoms with Gasteiger partial charge in [0, 0.05) is 4.47 Å². The second-order valence-electron chi connectivity index (χ2n) is 3.92. The number of benzene rings is 1. The molecule has 0 aliphatic rings. The van der Waals surface area contributed by atoms with E-state index in [1.165, 1.54) is 0 Å². The van der Waals surface area contributed by atoms with Gasteiger partial charge in [0.15, 0.2) is 0 Å². The van der Waals surface area contributed by atoms with E-state index in [2.05, 4.69) is 15.9 Å². The lowest BCUT2D eigenvalue weighted by Crippen LogP contribution is -2.12. The van der Waals surface area contributed by atoms with Gasteiger partial charge in [0.25, 0.3) is 0 Å². The van der Waals surface area contributed by atoms with Crippen LogP contribution < -0.4 is 0 Å². The lowest BCUT2D eigenvalue weighted by Gasteiger charge is -2.10. The highest BCUT2D eigenvalue weighted by Crippen LogP contribution is 2.21. The van der Waals surface area contributed by atoms with Crippen molar-refractivity contribution in [2.75, 3.05) is 6.61 Å². The molecule has 0 spiro atoms. The second kappa shape index (κ2) is 5.31. The molecule has 0 saturated carbocycles. The van der Waals surface area contributed by atoms with Crippen LogP contribution in [0.2, 0.25) is 0 Å². The molecule has 82 valence electrons. The topological polar surface area (TPSA) is 26.3 Å². The first kappa shape index (κ1) is 12.2. The number of rotatable bonds is 3. The minimum absolute atomic E-state index is 0.256. The monoisotopic (exact) mass is 270 g/mol. The molecule has 15 heavy (non-hydrogen) atoms. The normalized spacial score (nSPS) is 10.5. The molecule has 0 bridgehead atoms. The van der Waals surface area contributed by atoms with Crippen molar-refractivity contribution >= 4 is 21.9 Å². The van der Waals surface area contributed by atoms with Gasteiger partial charge in [-0.25, -0.2) is 4.79 Å². The highest BCUT2D eigenvalue weighted by atomic mass is 79.9. The zero-order valence-electron chi connectivity index (χ0n) is 9.21. The average Bonchev–Trinajstić information content (AvgIpc) is 2.14. The van der Waals surface area contributed by atoms with Gasteiger partial charge >= 0.3 is 5.97 Å². The molecule has 0 atom stereocenters. The summed E-state index contributed by atoms with van der Waals surface area (Å²) in [6, 6.07) is 5.65. The van der Waals surface area contributed by atoms with E-state index in [1.54, 1.807) is 0 Å². The first-order valence-electron chi connectivity index (χ1n) is 4.94. The fourth-order valence-corrected chi connectivity index (χ4v) is 1.83. The lowest BCUT2D eigenvalue weighted by atomic mass is 10.1. The summed E-state index contributed by atoms with van der Waals surface area (Å²) in [6.07, 6.45) is 0. The Bertz CT molecular complexity index is 338. The molecule has 0 heterocycles. The van der Waals surface area contributed by atoms with E-state index in [0.717, 1.165) is 10.0 Å². The van der Waals surface area contributed by atoms with Crippen LogP contribution in [0.15, 0.2) is 22.7 Å². The van der Waals surface area contributed by atoms with Gasteiger partial charge in [0.1, 0.15) is 0 Å². The van der Waals surface area contributed by atoms with Gasteiger partial charge in [-0.3, -0.25) is 0 Å². The molecular formula is C12H15BrO2. The number of aryl methyl sites for hydroxylation is 1. The smallest absolute Gasteiger partial charge is 0.339 e. The van der Waals surface area contributed by atoms with Crippen LogP contribution in [0, 0.1) is 12.8 Å². The maximum absolute atomic E-state index is 11.7. The number of carbonyl (C=O) groups excluding carboxylic acids is 1. The third-order valence-corrected chi connectivity index (χ3v) is 2.63. The third-order valence-electron chi connectivity index (χ3n) is 1.97. The maximum Gasteiger partial charge on any atom is 0.339 e. The predicted molar refractivity (Wildman–Crippen MR) is 64.0 cm³/mol. The van der Waals surface area contributed by atoms with Crippen molar-refractivity contribution in [1.29, 1.82) is 0 Å². The van der Waals surface area contributed by atoms with Crippen LogP contribution >= 0.6 is 15.9 Å². The molecule has 0 fully saturated rings. The SMILES string of the molecule is Cc1cccc(Br)c1C(=O)OCC(C)C. The predicted octanol–water partition coefficient (Wildman–Crippen LogP) is 3.57. The first-order chi connectivity index (χ1) is 7.02. The Morgan fingerprint density at radius 3 is 2.67 bits per heavy atom. The molecule has 3 heteroatoms. The summed E-state index contributed by atoms with van der Waals surface area (Å²) in [6.45, 7) is 6.39. The van der Waals surface area contributed by atoms with Crippen molar-refractivity contribution in [3.8, 4) is 0 Å². The minimum Gasteiger partial charge on any atom is -0.462 e. The summed E-state index contributed by atoms with van der Waals surface area (Å²) < 4.78 is 5.97. The van der Waals surface area contributed by atoms with E-state index in [-0.39, 0.29) is 5.97 Å². The van der Waals surface area contributed by atoms with Crippen molar-refractivity contribution in [2.24, 2.45) is 5.92 Å². The molecule has 1 aromatic carbocycles. The summed E-state index contributed by atoms with van der Waals surface area (Å²) in [5.41, 5.74) is 1.55. The highest BCUT2D eigenvalue weighted by molar-refractivity contribution is 9.10. The number of carbonyl (C=O) groups is 1. The molecule has 2 nitrogen and oxygen atoms in total. The van der Waals surface area contributed by atoms with Gasteiger partial charge in [-0.15, -0.1) is 0 Å². The van der Waals surface area contributed by atoms with Crippen molar-refractivity contribution in [2.45, 2.75) is 20.8 Å². The molecule has 0 aliphatic heterocycles. The fourth-order valence-electron chi connectivity index (χ4n) is 1.20. The summed E-state index contributed by atoms with van der Waals surface area (Å²) in [5.74, 6) is 0.102. The van der Waals surface area contributed by atoms with E-state index >= 15 is 0 Å². The van der Waals surface area contributed by atoms with Gasteiger partial charge in [-0.1, -0.05) is 26.0 Å². The first-order valence-corrected chi connectivity index (χ1v) is 5.74. The molecule has 0 unspecified atom stereocenters. The molecule has 0 radical (unpaired) electrons. The van der Waals surface area contributed by atoms with Gasteiger partial charge in [-0.2, -0.15) is 0 Å². The van der Waals surface area contributed by atoms with Crippen LogP contribution in [0.3, 0.4) is 0 Å². The van der Waals surface area contributed by atoms with Gasteiger partial charge in [0.2, 0.25) is 0 Å². The molecule has 0 N–H and O–H groups in total. The Hall–Kier alpha value is -0.830. The van der Waals surface area contributed by atoms with E-state index < -0.39 is 0 Å². The van der Waals surface area contributed by atoms with Crippen molar-refractivity contribution < 1.29 is 9.53 Å². The summed E-state index contributed by atoms with van der Waals surface area (Å²) in [4.78, 5) is 11.7. The van der Waals surface area contributed by atoms with Crippen molar-refractivity contribution in [3.63, 3.8) is 0 Å². The number of hydrogen-bond donors (Lipinski definition) is 0. The molecule has 0 amide bonds. The van der Waals surface area contributed by atoms with Gasteiger partial charge in [0.05, 0.1) is 12.2 Å². The Labute approximate surface area is 98.8 Å². The largest absolute Gasteiger partial charge is 0.462 e. The third kappa shape index (κ3) is 3.34. The number of ether oxygens (including phenoxy) is 1. The van der Waals surface area contributed by atoms with Crippen LogP contribution in [0.1, 0.15) is 29.8 Å².